The average Bonchev–Trinajstić information content (AvgIpc) is 3.02. The molecule has 3 N–H and O–H groups in total. The molecule has 2 heterocycles. The van der Waals surface area contributed by atoms with Crippen molar-refractivity contribution in [1.29, 1.82) is 10.5 Å². The smallest absolute Gasteiger partial charge is 0.156 e. The fourth-order valence-electron chi connectivity index (χ4n) is 3.02. The molecule has 0 fully saturated rings. The van der Waals surface area contributed by atoms with Gasteiger partial charge in [-0.25, -0.2) is 0 Å². The number of benzene rings is 1. The molecule has 23 heavy (non-hydrogen) atoms. The number of aromatic amines is 1. The number of hydrogen-bond acceptors (Lipinski definition) is 5. The second-order valence-corrected chi connectivity index (χ2v) is 5.41. The summed E-state index contributed by atoms with van der Waals surface area (Å²) in [6, 6.07) is 10.2. The number of rotatable bonds is 3. The summed E-state index contributed by atoms with van der Waals surface area (Å²) in [4.78, 5) is 0. The maximum Gasteiger partial charge on any atom is 0.156 e. The van der Waals surface area contributed by atoms with Gasteiger partial charge in [0.15, 0.2) is 5.82 Å². The summed E-state index contributed by atoms with van der Waals surface area (Å²) in [6.45, 7) is 0.544. The minimum Gasteiger partial charge on any atom is -0.340 e. The van der Waals surface area contributed by atoms with Crippen molar-refractivity contribution in [2.75, 3.05) is 18.9 Å². The molecule has 6 nitrogen and oxygen atoms in total. The van der Waals surface area contributed by atoms with Gasteiger partial charge in [0.1, 0.15) is 7.85 Å². The number of nitrogens with zero attached hydrogens (tertiary/aromatic N) is 3. The molecule has 1 atom stereocenters. The minimum absolute atomic E-state index is 0.230. The quantitative estimate of drug-likeness (QED) is 0.698. The van der Waals surface area contributed by atoms with Crippen molar-refractivity contribution in [2.24, 2.45) is 0 Å². The highest BCUT2D eigenvalue weighted by Crippen LogP contribution is 2.39. The zero-order chi connectivity index (χ0) is 16.4. The zero-order valence-corrected chi connectivity index (χ0v) is 12.9. The van der Waals surface area contributed by atoms with Crippen molar-refractivity contribution in [1.82, 2.24) is 15.5 Å². The molecule has 0 amide bonds. The summed E-state index contributed by atoms with van der Waals surface area (Å²) in [6.07, 6.45) is 1.80. The van der Waals surface area contributed by atoms with Crippen LogP contribution in [0.2, 0.25) is 0 Å². The van der Waals surface area contributed by atoms with Crippen LogP contribution < -0.4 is 16.1 Å². The van der Waals surface area contributed by atoms with Crippen LogP contribution in [0.15, 0.2) is 35.7 Å². The first-order chi connectivity index (χ1) is 11.2. The molecule has 0 aliphatic carbocycles. The van der Waals surface area contributed by atoms with Crippen LogP contribution in [-0.4, -0.2) is 31.6 Å². The second-order valence-electron chi connectivity index (χ2n) is 5.41. The van der Waals surface area contributed by atoms with Gasteiger partial charge >= 0.3 is 0 Å². The maximum atomic E-state index is 9.73. The molecule has 2 aromatic rings. The molecule has 1 aliphatic heterocycles. The molecule has 0 bridgehead atoms. The molecule has 0 radical (unpaired) electrons. The third-order valence-corrected chi connectivity index (χ3v) is 4.15. The van der Waals surface area contributed by atoms with Crippen LogP contribution in [0.25, 0.3) is 0 Å². The zero-order valence-electron chi connectivity index (χ0n) is 12.9. The van der Waals surface area contributed by atoms with Crippen molar-refractivity contribution < 1.29 is 0 Å². The van der Waals surface area contributed by atoms with Crippen LogP contribution in [-0.2, 0) is 0 Å². The Labute approximate surface area is 135 Å². The van der Waals surface area contributed by atoms with Crippen LogP contribution in [0.4, 0.5) is 5.82 Å². The second kappa shape index (κ2) is 6.00. The van der Waals surface area contributed by atoms with E-state index in [1.54, 1.807) is 12.3 Å². The summed E-state index contributed by atoms with van der Waals surface area (Å²) in [7, 11) is 3.75. The van der Waals surface area contributed by atoms with E-state index in [2.05, 4.69) is 33.0 Å². The number of aromatic nitrogens is 2. The maximum absolute atomic E-state index is 9.73. The predicted octanol–water partition coefficient (Wildman–Crippen LogP) is 0.0943. The predicted molar refractivity (Wildman–Crippen MR) is 90.0 cm³/mol. The standard InChI is InChI=1S/C16H15BN6/c1-20-8-13-11(6-19)14(12-7-21-23-16(12)22-13)10-4-2-3-9(5-18)15(10)17/h2-4,7,14,20H,8,17H2,1H3,(H2,21,22,23). The number of H-pyrrole nitrogens is 1. The van der Waals surface area contributed by atoms with E-state index in [4.69, 9.17) is 0 Å². The number of fused-ring (bicyclic) bond motifs is 1. The van der Waals surface area contributed by atoms with E-state index >= 15 is 0 Å². The summed E-state index contributed by atoms with van der Waals surface area (Å²) in [5.74, 6) is 0.493. The molecule has 0 spiro atoms. The van der Waals surface area contributed by atoms with Gasteiger partial charge in [-0.2, -0.15) is 15.6 Å². The van der Waals surface area contributed by atoms with Crippen molar-refractivity contribution in [3.63, 3.8) is 0 Å². The Hall–Kier alpha value is -3.03. The van der Waals surface area contributed by atoms with Crippen molar-refractivity contribution in [3.8, 4) is 12.1 Å². The van der Waals surface area contributed by atoms with Gasteiger partial charge < -0.3 is 10.6 Å². The largest absolute Gasteiger partial charge is 0.340 e. The van der Waals surface area contributed by atoms with E-state index in [0.717, 1.165) is 28.1 Å². The van der Waals surface area contributed by atoms with Crippen molar-refractivity contribution in [3.05, 3.63) is 52.4 Å². The van der Waals surface area contributed by atoms with Crippen molar-refractivity contribution in [2.45, 2.75) is 5.92 Å². The molecule has 7 heteroatoms. The van der Waals surface area contributed by atoms with Crippen LogP contribution in [0.5, 0.6) is 0 Å². The summed E-state index contributed by atoms with van der Waals surface area (Å²) >= 11 is 0. The molecule has 1 unspecified atom stereocenters. The van der Waals surface area contributed by atoms with Crippen molar-refractivity contribution >= 4 is 19.1 Å². The van der Waals surface area contributed by atoms with E-state index in [-0.39, 0.29) is 5.92 Å². The normalized spacial score (nSPS) is 16.2. The summed E-state index contributed by atoms with van der Waals surface area (Å²) in [5, 5.41) is 32.4. The summed E-state index contributed by atoms with van der Waals surface area (Å²) < 4.78 is 0. The molecule has 3 rings (SSSR count). The van der Waals surface area contributed by atoms with Gasteiger partial charge in [-0.05, 0) is 18.7 Å². The highest BCUT2D eigenvalue weighted by Gasteiger charge is 2.32. The van der Waals surface area contributed by atoms with Gasteiger partial charge in [0.25, 0.3) is 0 Å². The first-order valence-corrected chi connectivity index (χ1v) is 7.29. The van der Waals surface area contributed by atoms with Gasteiger partial charge in [0.2, 0.25) is 0 Å². The van der Waals surface area contributed by atoms with Gasteiger partial charge in [0.05, 0.1) is 23.6 Å². The minimum atomic E-state index is -0.230. The fraction of sp³-hybridized carbons (Fsp3) is 0.188. The lowest BCUT2D eigenvalue weighted by Gasteiger charge is -2.27. The van der Waals surface area contributed by atoms with E-state index in [1.807, 2.05) is 27.0 Å². The van der Waals surface area contributed by atoms with E-state index in [0.29, 0.717) is 17.7 Å². The van der Waals surface area contributed by atoms with E-state index < -0.39 is 0 Å². The van der Waals surface area contributed by atoms with Crippen LogP contribution in [0.1, 0.15) is 22.6 Å². The SMILES string of the molecule is Bc1c(C#N)cccc1C1C(C#N)=C(CNC)Nc2n[nH]cc21. The third-order valence-electron chi connectivity index (χ3n) is 4.15. The lowest BCUT2D eigenvalue weighted by molar-refractivity contribution is 0.840. The monoisotopic (exact) mass is 302 g/mol. The highest BCUT2D eigenvalue weighted by molar-refractivity contribution is 6.35. The Balaban J connectivity index is 2.24. The molecule has 0 saturated carbocycles. The van der Waals surface area contributed by atoms with Crippen LogP contribution >= 0.6 is 0 Å². The fourth-order valence-corrected chi connectivity index (χ4v) is 3.02. The lowest BCUT2D eigenvalue weighted by atomic mass is 9.75. The van der Waals surface area contributed by atoms with Gasteiger partial charge in [-0.1, -0.05) is 17.6 Å². The Bertz CT molecular complexity index is 867. The number of likely N-dealkylation sites (N-methyl/N-ethyl adjacent to an activating group) is 1. The number of anilines is 1. The van der Waals surface area contributed by atoms with E-state index in [1.165, 1.54) is 0 Å². The molecule has 112 valence electrons. The first-order valence-electron chi connectivity index (χ1n) is 7.29. The molecular weight excluding hydrogens is 287 g/mol. The number of allylic oxidation sites excluding steroid dienone is 1. The lowest BCUT2D eigenvalue weighted by Crippen LogP contribution is -2.27. The Morgan fingerprint density at radius 2 is 2.13 bits per heavy atom. The summed E-state index contributed by atoms with van der Waals surface area (Å²) in [5.41, 5.74) is 4.84. The Kier molecular flexibility index (Phi) is 3.88. The van der Waals surface area contributed by atoms with Gasteiger partial charge in [-0.15, -0.1) is 0 Å². The van der Waals surface area contributed by atoms with E-state index in [9.17, 15) is 10.5 Å². The average molecular weight is 302 g/mol. The molecule has 1 aromatic carbocycles. The van der Waals surface area contributed by atoms with Crippen LogP contribution in [0.3, 0.4) is 0 Å². The Morgan fingerprint density at radius 1 is 1.30 bits per heavy atom. The third kappa shape index (κ3) is 2.38. The molecular formula is C16H15BN6. The van der Waals surface area contributed by atoms with Crippen LogP contribution in [0, 0.1) is 22.7 Å². The Morgan fingerprint density at radius 3 is 2.83 bits per heavy atom. The number of nitriles is 2. The van der Waals surface area contributed by atoms with Gasteiger partial charge in [-0.3, -0.25) is 5.10 Å². The molecule has 1 aliphatic rings. The first kappa shape index (κ1) is 14.9. The molecule has 0 saturated heterocycles. The highest BCUT2D eigenvalue weighted by atomic mass is 15.2. The number of nitrogens with one attached hydrogen (secondary N) is 3. The number of hydrogen-bond donors (Lipinski definition) is 3. The van der Waals surface area contributed by atoms with Gasteiger partial charge in [0, 0.05) is 29.6 Å². The molecule has 1 aromatic heterocycles. The topological polar surface area (TPSA) is 100 Å².